The summed E-state index contributed by atoms with van der Waals surface area (Å²) in [5, 5.41) is 1.32. The van der Waals surface area contributed by atoms with E-state index in [1.807, 2.05) is 6.07 Å². The summed E-state index contributed by atoms with van der Waals surface area (Å²) in [5.41, 5.74) is 1.23. The summed E-state index contributed by atoms with van der Waals surface area (Å²) in [5.74, 6) is 0.629. The molecule has 2 heteroatoms. The number of hydrogen-bond acceptors (Lipinski definition) is 0. The molecule has 14 heavy (non-hydrogen) atoms. The smallest absolute Gasteiger partial charge is 0.0535 e. The van der Waals surface area contributed by atoms with Crippen LogP contribution in [-0.2, 0) is 0 Å². The van der Waals surface area contributed by atoms with E-state index in [0.29, 0.717) is 16.0 Å². The molecule has 75 valence electrons. The van der Waals surface area contributed by atoms with Gasteiger partial charge in [0.15, 0.2) is 0 Å². The third kappa shape index (κ3) is 2.24. The molecule has 0 spiro atoms. The van der Waals surface area contributed by atoms with Crippen molar-refractivity contribution >= 4 is 23.2 Å². The maximum absolute atomic E-state index is 6.12. The molecule has 0 aliphatic heterocycles. The van der Waals surface area contributed by atoms with Crippen LogP contribution < -0.4 is 0 Å². The fourth-order valence-corrected chi connectivity index (χ4v) is 2.71. The van der Waals surface area contributed by atoms with E-state index in [4.69, 9.17) is 23.2 Å². The molecule has 1 fully saturated rings. The van der Waals surface area contributed by atoms with Crippen LogP contribution in [0.4, 0.5) is 0 Å². The van der Waals surface area contributed by atoms with Crippen molar-refractivity contribution in [1.29, 1.82) is 0 Å². The van der Waals surface area contributed by atoms with Gasteiger partial charge in [-0.2, -0.15) is 0 Å². The maximum atomic E-state index is 6.12. The third-order valence-corrected chi connectivity index (χ3v) is 3.47. The standard InChI is InChI=1S/C12H13Cl2/c13-10-6-7-11(12(14)8-10)9-4-2-1-3-5-9/h6-7,9H,1-5H2. The van der Waals surface area contributed by atoms with E-state index in [-0.39, 0.29) is 0 Å². The molecule has 0 unspecified atom stereocenters. The van der Waals surface area contributed by atoms with Gasteiger partial charge in [0, 0.05) is 6.07 Å². The van der Waals surface area contributed by atoms with Crippen molar-refractivity contribution in [2.24, 2.45) is 0 Å². The minimum atomic E-state index is 0.606. The number of rotatable bonds is 1. The lowest BCUT2D eigenvalue weighted by Gasteiger charge is -2.22. The van der Waals surface area contributed by atoms with Crippen molar-refractivity contribution < 1.29 is 0 Å². The first-order valence-electron chi connectivity index (χ1n) is 5.14. The van der Waals surface area contributed by atoms with Gasteiger partial charge >= 0.3 is 0 Å². The molecule has 0 bridgehead atoms. The second-order valence-electron chi connectivity index (χ2n) is 3.91. The Morgan fingerprint density at radius 2 is 1.79 bits per heavy atom. The summed E-state index contributed by atoms with van der Waals surface area (Å²) in [6.07, 6.45) is 6.53. The molecule has 0 nitrogen and oxygen atoms in total. The molecule has 1 aromatic carbocycles. The Hall–Kier alpha value is -0.200. The van der Waals surface area contributed by atoms with Crippen molar-refractivity contribution in [1.82, 2.24) is 0 Å². The molecule has 1 radical (unpaired) electrons. The molecular formula is C12H13Cl2. The Labute approximate surface area is 95.2 Å². The van der Waals surface area contributed by atoms with Crippen molar-refractivity contribution in [3.05, 3.63) is 33.8 Å². The predicted octanol–water partition coefficient (Wildman–Crippen LogP) is 4.84. The van der Waals surface area contributed by atoms with Gasteiger partial charge in [-0.3, -0.25) is 0 Å². The highest BCUT2D eigenvalue weighted by Gasteiger charge is 2.17. The molecular weight excluding hydrogens is 215 g/mol. The van der Waals surface area contributed by atoms with E-state index in [2.05, 4.69) is 12.1 Å². The molecule has 1 aliphatic rings. The highest BCUT2D eigenvalue weighted by molar-refractivity contribution is 6.34. The second-order valence-corrected chi connectivity index (χ2v) is 4.70. The fourth-order valence-electron chi connectivity index (χ4n) is 2.18. The molecule has 1 aromatic rings. The summed E-state index contributed by atoms with van der Waals surface area (Å²) in [6.45, 7) is 0. The van der Waals surface area contributed by atoms with Crippen LogP contribution in [0.15, 0.2) is 12.1 Å². The zero-order valence-corrected chi connectivity index (χ0v) is 9.54. The summed E-state index contributed by atoms with van der Waals surface area (Å²) in [6, 6.07) is 6.91. The lowest BCUT2D eigenvalue weighted by Crippen LogP contribution is -2.04. The van der Waals surface area contributed by atoms with Crippen molar-refractivity contribution in [2.75, 3.05) is 0 Å². The normalized spacial score (nSPS) is 18.4. The zero-order chi connectivity index (χ0) is 9.97. The predicted molar refractivity (Wildman–Crippen MR) is 61.1 cm³/mol. The lowest BCUT2D eigenvalue weighted by molar-refractivity contribution is 0.443. The Balaban J connectivity index is 2.22. The second kappa shape index (κ2) is 4.55. The minimum Gasteiger partial charge on any atom is -0.0836 e. The van der Waals surface area contributed by atoms with E-state index in [0.717, 1.165) is 0 Å². The van der Waals surface area contributed by atoms with Crippen LogP contribution in [0, 0.1) is 6.07 Å². The highest BCUT2D eigenvalue weighted by Crippen LogP contribution is 2.36. The monoisotopic (exact) mass is 227 g/mol. The molecule has 0 saturated heterocycles. The van der Waals surface area contributed by atoms with Gasteiger partial charge in [0.1, 0.15) is 0 Å². The maximum Gasteiger partial charge on any atom is 0.0535 e. The van der Waals surface area contributed by atoms with Gasteiger partial charge in [0.2, 0.25) is 0 Å². The van der Waals surface area contributed by atoms with Crippen molar-refractivity contribution in [2.45, 2.75) is 38.0 Å². The first-order valence-corrected chi connectivity index (χ1v) is 5.90. The molecule has 0 amide bonds. The van der Waals surface area contributed by atoms with E-state index in [9.17, 15) is 0 Å². The van der Waals surface area contributed by atoms with Gasteiger partial charge in [0.05, 0.1) is 10.0 Å². The van der Waals surface area contributed by atoms with Crippen LogP contribution in [-0.4, -0.2) is 0 Å². The van der Waals surface area contributed by atoms with Crippen LogP contribution in [0.5, 0.6) is 0 Å². The molecule has 1 aliphatic carbocycles. The number of benzene rings is 1. The van der Waals surface area contributed by atoms with Gasteiger partial charge in [-0.05, 0) is 30.4 Å². The van der Waals surface area contributed by atoms with Crippen LogP contribution in [0.1, 0.15) is 43.6 Å². The van der Waals surface area contributed by atoms with Crippen LogP contribution in [0.3, 0.4) is 0 Å². The van der Waals surface area contributed by atoms with E-state index in [1.165, 1.54) is 37.7 Å². The summed E-state index contributed by atoms with van der Waals surface area (Å²) < 4.78 is 0. The van der Waals surface area contributed by atoms with E-state index >= 15 is 0 Å². The minimum absolute atomic E-state index is 0.606. The van der Waals surface area contributed by atoms with E-state index < -0.39 is 0 Å². The molecule has 1 saturated carbocycles. The Bertz CT molecular complexity index is 314. The van der Waals surface area contributed by atoms with E-state index in [1.54, 1.807) is 0 Å². The molecule has 0 heterocycles. The zero-order valence-electron chi connectivity index (χ0n) is 8.02. The summed E-state index contributed by atoms with van der Waals surface area (Å²) in [7, 11) is 0. The van der Waals surface area contributed by atoms with Gasteiger partial charge in [-0.1, -0.05) is 48.5 Å². The first kappa shape index (κ1) is 10.3. The van der Waals surface area contributed by atoms with Gasteiger partial charge < -0.3 is 0 Å². The average Bonchev–Trinajstić information content (AvgIpc) is 2.19. The van der Waals surface area contributed by atoms with Crippen LogP contribution in [0.25, 0.3) is 0 Å². The van der Waals surface area contributed by atoms with Crippen molar-refractivity contribution in [3.8, 4) is 0 Å². The molecule has 2 rings (SSSR count). The van der Waals surface area contributed by atoms with Gasteiger partial charge in [0.25, 0.3) is 0 Å². The first-order chi connectivity index (χ1) is 6.77. The summed E-state index contributed by atoms with van der Waals surface area (Å²) in [4.78, 5) is 0. The Kier molecular flexibility index (Phi) is 3.35. The van der Waals surface area contributed by atoms with Crippen molar-refractivity contribution in [3.63, 3.8) is 0 Å². The van der Waals surface area contributed by atoms with Crippen LogP contribution >= 0.6 is 23.2 Å². The quantitative estimate of drug-likeness (QED) is 0.645. The summed E-state index contributed by atoms with van der Waals surface area (Å²) >= 11 is 11.9. The highest BCUT2D eigenvalue weighted by atomic mass is 35.5. The average molecular weight is 228 g/mol. The number of halogens is 2. The Morgan fingerprint density at radius 1 is 1.07 bits per heavy atom. The third-order valence-electron chi connectivity index (χ3n) is 2.94. The topological polar surface area (TPSA) is 0 Å². The Morgan fingerprint density at radius 3 is 2.43 bits per heavy atom. The molecule has 0 aromatic heterocycles. The van der Waals surface area contributed by atoms with Crippen LogP contribution in [0.2, 0.25) is 10.0 Å². The molecule has 0 atom stereocenters. The molecule has 0 N–H and O–H groups in total. The van der Waals surface area contributed by atoms with Gasteiger partial charge in [-0.25, -0.2) is 0 Å². The number of hydrogen-bond donors (Lipinski definition) is 0. The lowest BCUT2D eigenvalue weighted by atomic mass is 9.84. The SMILES string of the molecule is Clc1[c]c(Cl)c(C2CCCCC2)cc1. The fraction of sp³-hybridized carbons (Fsp3) is 0.500. The van der Waals surface area contributed by atoms with Gasteiger partial charge in [-0.15, -0.1) is 0 Å². The largest absolute Gasteiger partial charge is 0.0836 e.